The first kappa shape index (κ1) is 13.5. The summed E-state index contributed by atoms with van der Waals surface area (Å²) < 4.78 is 13.7. The lowest BCUT2D eigenvalue weighted by Crippen LogP contribution is -2.12. The maximum Gasteiger partial charge on any atom is 0.259 e. The van der Waals surface area contributed by atoms with Gasteiger partial charge < -0.3 is 10.4 Å². The molecule has 0 aromatic heterocycles. The molecule has 0 bridgehead atoms. The van der Waals surface area contributed by atoms with E-state index in [9.17, 15) is 14.3 Å². The van der Waals surface area contributed by atoms with Crippen molar-refractivity contribution in [3.63, 3.8) is 0 Å². The molecule has 0 aliphatic carbocycles. The number of anilines is 1. The van der Waals surface area contributed by atoms with Gasteiger partial charge in [0.15, 0.2) is 0 Å². The van der Waals surface area contributed by atoms with Gasteiger partial charge in [-0.25, -0.2) is 4.39 Å². The number of nitrogens with one attached hydrogen (secondary N) is 1. The van der Waals surface area contributed by atoms with Gasteiger partial charge in [-0.3, -0.25) is 4.79 Å². The van der Waals surface area contributed by atoms with Crippen LogP contribution in [-0.4, -0.2) is 11.0 Å². The first-order chi connectivity index (χ1) is 8.97. The number of amides is 1. The summed E-state index contributed by atoms with van der Waals surface area (Å²) in [5, 5.41) is 12.2. The average Bonchev–Trinajstić information content (AvgIpc) is 2.36. The third-order valence-corrected chi connectivity index (χ3v) is 3.22. The number of carbonyl (C=O) groups is 1. The van der Waals surface area contributed by atoms with E-state index in [0.29, 0.717) is 10.2 Å². The topological polar surface area (TPSA) is 49.3 Å². The molecule has 3 nitrogen and oxygen atoms in total. The Morgan fingerprint density at radius 1 is 1.26 bits per heavy atom. The molecule has 0 atom stereocenters. The summed E-state index contributed by atoms with van der Waals surface area (Å²) >= 11 is 3.03. The molecular formula is C14H11BrFNO2. The fraction of sp³-hybridized carbons (Fsp3) is 0.0714. The number of rotatable bonds is 2. The van der Waals surface area contributed by atoms with E-state index in [0.717, 1.165) is 5.56 Å². The van der Waals surface area contributed by atoms with E-state index < -0.39 is 11.7 Å². The zero-order chi connectivity index (χ0) is 14.0. The predicted octanol–water partition coefficient (Wildman–Crippen LogP) is 3.85. The van der Waals surface area contributed by atoms with Gasteiger partial charge in [-0.15, -0.1) is 0 Å². The molecule has 2 aromatic carbocycles. The maximum absolute atomic E-state index is 13.3. The van der Waals surface area contributed by atoms with Gasteiger partial charge in [0.25, 0.3) is 5.91 Å². The lowest BCUT2D eigenvalue weighted by atomic mass is 10.1. The van der Waals surface area contributed by atoms with E-state index in [1.54, 1.807) is 18.2 Å². The van der Waals surface area contributed by atoms with Crippen molar-refractivity contribution in [2.24, 2.45) is 0 Å². The number of carbonyl (C=O) groups excluding carboxylic acids is 1. The minimum absolute atomic E-state index is 0.110. The molecule has 0 aliphatic rings. The third-order valence-electron chi connectivity index (χ3n) is 2.57. The fourth-order valence-corrected chi connectivity index (χ4v) is 1.85. The SMILES string of the molecule is Cc1ccc(O)c(C(=O)Nc2ccc(Br)c(F)c2)c1. The molecule has 0 aliphatic heterocycles. The highest BCUT2D eigenvalue weighted by Crippen LogP contribution is 2.22. The molecule has 0 radical (unpaired) electrons. The van der Waals surface area contributed by atoms with Crippen molar-refractivity contribution >= 4 is 27.5 Å². The normalized spacial score (nSPS) is 10.3. The van der Waals surface area contributed by atoms with Crippen LogP contribution in [0.15, 0.2) is 40.9 Å². The van der Waals surface area contributed by atoms with E-state index in [4.69, 9.17) is 0 Å². The predicted molar refractivity (Wildman–Crippen MR) is 74.9 cm³/mol. The second-order valence-electron chi connectivity index (χ2n) is 4.10. The van der Waals surface area contributed by atoms with Crippen LogP contribution in [0.3, 0.4) is 0 Å². The van der Waals surface area contributed by atoms with Gasteiger partial charge in [-0.05, 0) is 53.2 Å². The largest absolute Gasteiger partial charge is 0.507 e. The van der Waals surface area contributed by atoms with Crippen molar-refractivity contribution in [2.45, 2.75) is 6.92 Å². The molecule has 0 spiro atoms. The second kappa shape index (κ2) is 5.40. The molecule has 0 saturated heterocycles. The summed E-state index contributed by atoms with van der Waals surface area (Å²) in [7, 11) is 0. The number of hydrogen-bond donors (Lipinski definition) is 2. The molecule has 1 amide bonds. The van der Waals surface area contributed by atoms with Gasteiger partial charge in [0.05, 0.1) is 10.0 Å². The molecule has 2 aromatic rings. The van der Waals surface area contributed by atoms with Crippen LogP contribution in [-0.2, 0) is 0 Å². The standard InChI is InChI=1S/C14H11BrFNO2/c1-8-2-5-13(18)10(6-8)14(19)17-9-3-4-11(15)12(16)7-9/h2-7,18H,1H3,(H,17,19). The fourth-order valence-electron chi connectivity index (χ4n) is 1.60. The number of benzene rings is 2. The Bertz CT molecular complexity index is 643. The number of aryl methyl sites for hydroxylation is 1. The molecule has 5 heteroatoms. The molecule has 2 N–H and O–H groups in total. The molecule has 0 unspecified atom stereocenters. The van der Waals surface area contributed by atoms with Gasteiger partial charge in [-0.2, -0.15) is 0 Å². The zero-order valence-corrected chi connectivity index (χ0v) is 11.7. The zero-order valence-electron chi connectivity index (χ0n) is 10.1. The van der Waals surface area contributed by atoms with E-state index in [1.807, 2.05) is 6.92 Å². The first-order valence-corrected chi connectivity index (χ1v) is 6.32. The molecule has 2 rings (SSSR count). The number of phenolic OH excluding ortho intramolecular Hbond substituents is 1. The summed E-state index contributed by atoms with van der Waals surface area (Å²) in [6.45, 7) is 1.81. The lowest BCUT2D eigenvalue weighted by molar-refractivity contribution is 0.102. The van der Waals surface area contributed by atoms with Gasteiger partial charge in [0.2, 0.25) is 0 Å². The Hall–Kier alpha value is -1.88. The highest BCUT2D eigenvalue weighted by Gasteiger charge is 2.12. The van der Waals surface area contributed by atoms with Gasteiger partial charge in [0.1, 0.15) is 11.6 Å². The highest BCUT2D eigenvalue weighted by atomic mass is 79.9. The molecule has 0 fully saturated rings. The van der Waals surface area contributed by atoms with Crippen LogP contribution in [0.2, 0.25) is 0 Å². The Morgan fingerprint density at radius 3 is 2.68 bits per heavy atom. The number of halogens is 2. The van der Waals surface area contributed by atoms with Crippen molar-refractivity contribution in [2.75, 3.05) is 5.32 Å². The van der Waals surface area contributed by atoms with Crippen LogP contribution < -0.4 is 5.32 Å². The van der Waals surface area contributed by atoms with Crippen LogP contribution in [0, 0.1) is 12.7 Å². The monoisotopic (exact) mass is 323 g/mol. The third kappa shape index (κ3) is 3.12. The molecular weight excluding hydrogens is 313 g/mol. The summed E-state index contributed by atoms with van der Waals surface area (Å²) in [5.74, 6) is -1.06. The van der Waals surface area contributed by atoms with Crippen LogP contribution in [0.1, 0.15) is 15.9 Å². The van der Waals surface area contributed by atoms with Gasteiger partial charge >= 0.3 is 0 Å². The van der Waals surface area contributed by atoms with E-state index in [2.05, 4.69) is 21.2 Å². The minimum atomic E-state index is -0.483. The van der Waals surface area contributed by atoms with E-state index >= 15 is 0 Å². The van der Waals surface area contributed by atoms with Crippen LogP contribution in [0.4, 0.5) is 10.1 Å². The molecule has 19 heavy (non-hydrogen) atoms. The Balaban J connectivity index is 2.25. The number of hydrogen-bond acceptors (Lipinski definition) is 2. The van der Waals surface area contributed by atoms with Crippen molar-refractivity contribution < 1.29 is 14.3 Å². The first-order valence-electron chi connectivity index (χ1n) is 5.53. The van der Waals surface area contributed by atoms with Gasteiger partial charge in [0, 0.05) is 5.69 Å². The summed E-state index contributed by atoms with van der Waals surface area (Å²) in [5.41, 5.74) is 1.33. The Labute approximate surface area is 118 Å². The molecule has 98 valence electrons. The van der Waals surface area contributed by atoms with Crippen molar-refractivity contribution in [3.05, 3.63) is 57.8 Å². The number of aromatic hydroxyl groups is 1. The quantitative estimate of drug-likeness (QED) is 0.881. The Morgan fingerprint density at radius 2 is 2.00 bits per heavy atom. The van der Waals surface area contributed by atoms with E-state index in [-0.39, 0.29) is 11.3 Å². The average molecular weight is 324 g/mol. The molecule has 0 saturated carbocycles. The summed E-state index contributed by atoms with van der Waals surface area (Å²) in [6.07, 6.45) is 0. The second-order valence-corrected chi connectivity index (χ2v) is 4.96. The van der Waals surface area contributed by atoms with Crippen LogP contribution in [0.5, 0.6) is 5.75 Å². The lowest BCUT2D eigenvalue weighted by Gasteiger charge is -2.08. The summed E-state index contributed by atoms with van der Waals surface area (Å²) in [6, 6.07) is 8.99. The minimum Gasteiger partial charge on any atom is -0.507 e. The Kier molecular flexibility index (Phi) is 3.85. The van der Waals surface area contributed by atoms with Crippen molar-refractivity contribution in [3.8, 4) is 5.75 Å². The van der Waals surface area contributed by atoms with Crippen LogP contribution >= 0.6 is 15.9 Å². The van der Waals surface area contributed by atoms with E-state index in [1.165, 1.54) is 18.2 Å². The summed E-state index contributed by atoms with van der Waals surface area (Å²) in [4.78, 5) is 12.0. The van der Waals surface area contributed by atoms with Crippen molar-refractivity contribution in [1.82, 2.24) is 0 Å². The van der Waals surface area contributed by atoms with Gasteiger partial charge in [-0.1, -0.05) is 11.6 Å². The maximum atomic E-state index is 13.3. The van der Waals surface area contributed by atoms with Crippen LogP contribution in [0.25, 0.3) is 0 Å². The smallest absolute Gasteiger partial charge is 0.259 e. The number of phenols is 1. The molecule has 0 heterocycles. The van der Waals surface area contributed by atoms with Crippen molar-refractivity contribution in [1.29, 1.82) is 0 Å². The highest BCUT2D eigenvalue weighted by molar-refractivity contribution is 9.10.